The van der Waals surface area contributed by atoms with Crippen LogP contribution < -0.4 is 4.90 Å². The Kier molecular flexibility index (Phi) is 3.66. The molecule has 2 aliphatic rings. The molecule has 0 bridgehead atoms. The maximum absolute atomic E-state index is 13.8. The Morgan fingerprint density at radius 3 is 2.50 bits per heavy atom. The first-order valence-corrected chi connectivity index (χ1v) is 8.68. The van der Waals surface area contributed by atoms with Crippen molar-refractivity contribution in [2.75, 3.05) is 11.4 Å². The number of nitrogens with zero attached hydrogens (tertiary/aromatic N) is 3. The fourth-order valence-corrected chi connectivity index (χ4v) is 3.69. The predicted octanol–water partition coefficient (Wildman–Crippen LogP) is 3.88. The molecular weight excluding hydrogens is 305 g/mol. The number of anilines is 1. The second-order valence-electron chi connectivity index (χ2n) is 7.04. The predicted molar refractivity (Wildman–Crippen MR) is 90.7 cm³/mol. The molecule has 1 saturated carbocycles. The smallest absolute Gasteiger partial charge is 0.251 e. The van der Waals surface area contributed by atoms with Crippen LogP contribution in [-0.4, -0.2) is 22.2 Å². The average molecular weight is 327 g/mol. The van der Waals surface area contributed by atoms with Crippen LogP contribution in [0.25, 0.3) is 0 Å². The van der Waals surface area contributed by atoms with Gasteiger partial charge < -0.3 is 4.90 Å². The summed E-state index contributed by atoms with van der Waals surface area (Å²) in [6.45, 7) is 4.12. The highest BCUT2D eigenvalue weighted by Crippen LogP contribution is 2.36. The van der Waals surface area contributed by atoms with Crippen molar-refractivity contribution in [3.8, 4) is 0 Å². The molecule has 5 heteroatoms. The minimum atomic E-state index is -0.246. The van der Waals surface area contributed by atoms with Crippen molar-refractivity contribution in [3.05, 3.63) is 47.0 Å². The van der Waals surface area contributed by atoms with Crippen LogP contribution in [0.5, 0.6) is 0 Å². The van der Waals surface area contributed by atoms with E-state index in [-0.39, 0.29) is 17.8 Å². The highest BCUT2D eigenvalue weighted by Gasteiger charge is 2.35. The molecule has 2 heterocycles. The van der Waals surface area contributed by atoms with Gasteiger partial charge in [0.1, 0.15) is 11.9 Å². The lowest BCUT2D eigenvalue weighted by molar-refractivity contribution is -0.120. The Morgan fingerprint density at radius 1 is 1.17 bits per heavy atom. The quantitative estimate of drug-likeness (QED) is 0.858. The van der Waals surface area contributed by atoms with Gasteiger partial charge in [0.2, 0.25) is 0 Å². The molecule has 4 nitrogen and oxygen atoms in total. The van der Waals surface area contributed by atoms with Gasteiger partial charge in [-0.1, -0.05) is 6.42 Å². The number of hydrogen-bond acceptors (Lipinski definition) is 2. The van der Waals surface area contributed by atoms with E-state index >= 15 is 0 Å². The Hall–Kier alpha value is -2.17. The maximum Gasteiger partial charge on any atom is 0.251 e. The topological polar surface area (TPSA) is 38.1 Å². The maximum atomic E-state index is 13.8. The molecule has 4 rings (SSSR count). The number of aryl methyl sites for hydroxylation is 2. The van der Waals surface area contributed by atoms with E-state index in [1.54, 1.807) is 30.9 Å². The van der Waals surface area contributed by atoms with Gasteiger partial charge in [0.25, 0.3) is 5.91 Å². The highest BCUT2D eigenvalue weighted by atomic mass is 19.1. The molecule has 1 aromatic heterocycles. The lowest BCUT2D eigenvalue weighted by Crippen LogP contribution is -2.28. The van der Waals surface area contributed by atoms with Gasteiger partial charge in [-0.05, 0) is 62.4 Å². The van der Waals surface area contributed by atoms with Crippen LogP contribution in [0, 0.1) is 19.7 Å². The lowest BCUT2D eigenvalue weighted by Gasteiger charge is -2.23. The van der Waals surface area contributed by atoms with E-state index in [1.807, 2.05) is 16.9 Å². The molecule has 2 aromatic rings. The SMILES string of the molecule is Cc1cc(N2CCC(n3ccc(C4CCC4)n3)C2=O)cc(C)c1F. The van der Waals surface area contributed by atoms with Gasteiger partial charge in [0, 0.05) is 24.3 Å². The van der Waals surface area contributed by atoms with Crippen molar-refractivity contribution in [3.63, 3.8) is 0 Å². The normalized spacial score (nSPS) is 21.4. The monoisotopic (exact) mass is 327 g/mol. The number of benzene rings is 1. The zero-order valence-corrected chi connectivity index (χ0v) is 14.1. The molecule has 1 aliphatic heterocycles. The molecule has 1 unspecified atom stereocenters. The fourth-order valence-electron chi connectivity index (χ4n) is 3.69. The molecular formula is C19H22FN3O. The zero-order chi connectivity index (χ0) is 16.8. The van der Waals surface area contributed by atoms with Crippen LogP contribution >= 0.6 is 0 Å². The average Bonchev–Trinajstić information content (AvgIpc) is 3.09. The lowest BCUT2D eigenvalue weighted by atomic mass is 9.83. The summed E-state index contributed by atoms with van der Waals surface area (Å²) in [5.74, 6) is 0.420. The zero-order valence-electron chi connectivity index (χ0n) is 14.1. The van der Waals surface area contributed by atoms with Gasteiger partial charge in [-0.3, -0.25) is 9.48 Å². The molecule has 2 fully saturated rings. The number of carbonyl (C=O) groups is 1. The Morgan fingerprint density at radius 2 is 1.88 bits per heavy atom. The van der Waals surface area contributed by atoms with Crippen molar-refractivity contribution in [2.45, 2.75) is 51.5 Å². The van der Waals surface area contributed by atoms with Crippen LogP contribution in [0.2, 0.25) is 0 Å². The van der Waals surface area contributed by atoms with Gasteiger partial charge in [-0.25, -0.2) is 4.39 Å². The Labute approximate surface area is 141 Å². The number of carbonyl (C=O) groups excluding carboxylic acids is 1. The number of aromatic nitrogens is 2. The van der Waals surface area contributed by atoms with Crippen molar-refractivity contribution in [2.24, 2.45) is 0 Å². The second kappa shape index (κ2) is 5.72. The van der Waals surface area contributed by atoms with E-state index in [1.165, 1.54) is 19.3 Å². The summed E-state index contributed by atoms with van der Waals surface area (Å²) in [4.78, 5) is 14.6. The van der Waals surface area contributed by atoms with E-state index < -0.39 is 0 Å². The van der Waals surface area contributed by atoms with Crippen LogP contribution in [-0.2, 0) is 4.79 Å². The summed E-state index contributed by atoms with van der Waals surface area (Å²) >= 11 is 0. The number of hydrogen-bond donors (Lipinski definition) is 0. The summed E-state index contributed by atoms with van der Waals surface area (Å²) in [5.41, 5.74) is 3.05. The van der Waals surface area contributed by atoms with Gasteiger partial charge >= 0.3 is 0 Å². The van der Waals surface area contributed by atoms with Crippen molar-refractivity contribution < 1.29 is 9.18 Å². The summed E-state index contributed by atoms with van der Waals surface area (Å²) in [6.07, 6.45) is 6.35. The Balaban J connectivity index is 1.57. The van der Waals surface area contributed by atoms with Crippen LogP contribution in [0.3, 0.4) is 0 Å². The minimum Gasteiger partial charge on any atom is -0.310 e. The van der Waals surface area contributed by atoms with E-state index in [0.717, 1.165) is 17.8 Å². The molecule has 1 amide bonds. The van der Waals surface area contributed by atoms with Crippen molar-refractivity contribution in [1.29, 1.82) is 0 Å². The number of amides is 1. The summed E-state index contributed by atoms with van der Waals surface area (Å²) in [5, 5.41) is 4.65. The van der Waals surface area contributed by atoms with Crippen molar-refractivity contribution >= 4 is 11.6 Å². The van der Waals surface area contributed by atoms with E-state index in [2.05, 4.69) is 5.10 Å². The number of rotatable bonds is 3. The van der Waals surface area contributed by atoms with Gasteiger partial charge in [0.05, 0.1) is 5.69 Å². The molecule has 1 atom stereocenters. The fraction of sp³-hybridized carbons (Fsp3) is 0.474. The van der Waals surface area contributed by atoms with E-state index in [9.17, 15) is 9.18 Å². The number of halogens is 1. The summed E-state index contributed by atoms with van der Waals surface area (Å²) in [7, 11) is 0. The van der Waals surface area contributed by atoms with Gasteiger partial charge in [-0.15, -0.1) is 0 Å². The van der Waals surface area contributed by atoms with Crippen LogP contribution in [0.1, 0.15) is 54.5 Å². The van der Waals surface area contributed by atoms with E-state index in [4.69, 9.17) is 0 Å². The van der Waals surface area contributed by atoms with Crippen LogP contribution in [0.15, 0.2) is 24.4 Å². The molecule has 24 heavy (non-hydrogen) atoms. The third kappa shape index (κ3) is 2.43. The molecule has 0 N–H and O–H groups in total. The summed E-state index contributed by atoms with van der Waals surface area (Å²) < 4.78 is 15.7. The second-order valence-corrected chi connectivity index (χ2v) is 7.04. The van der Waals surface area contributed by atoms with Gasteiger partial charge in [-0.2, -0.15) is 5.10 Å². The van der Waals surface area contributed by atoms with Crippen LogP contribution in [0.4, 0.5) is 10.1 Å². The molecule has 126 valence electrons. The van der Waals surface area contributed by atoms with Crippen molar-refractivity contribution in [1.82, 2.24) is 9.78 Å². The minimum absolute atomic E-state index is 0.0451. The Bertz CT molecular complexity index is 771. The largest absolute Gasteiger partial charge is 0.310 e. The first-order valence-electron chi connectivity index (χ1n) is 8.68. The first-order chi connectivity index (χ1) is 11.5. The molecule has 1 saturated heterocycles. The third-order valence-corrected chi connectivity index (χ3v) is 5.38. The molecule has 1 aromatic carbocycles. The molecule has 0 radical (unpaired) electrons. The first kappa shape index (κ1) is 15.4. The third-order valence-electron chi connectivity index (χ3n) is 5.38. The summed E-state index contributed by atoms with van der Waals surface area (Å²) in [6, 6.07) is 5.31. The highest BCUT2D eigenvalue weighted by molar-refractivity contribution is 5.98. The standard InChI is InChI=1S/C19H22FN3O/c1-12-10-15(11-13(2)18(12)20)22-8-7-17(19(22)24)23-9-6-16(21-23)14-4-3-5-14/h6,9-11,14,17H,3-5,7-8H2,1-2H3. The molecule has 0 spiro atoms. The van der Waals surface area contributed by atoms with Gasteiger partial charge in [0.15, 0.2) is 0 Å². The van der Waals surface area contributed by atoms with E-state index in [0.29, 0.717) is 23.6 Å². The molecule has 1 aliphatic carbocycles.